The fraction of sp³-hybridized carbons (Fsp3) is 0.818. The predicted octanol–water partition coefficient (Wildman–Crippen LogP) is 4.28. The fourth-order valence-electron chi connectivity index (χ4n) is 3.80. The smallest absolute Gasteiger partial charge is 0.333 e. The fourth-order valence-corrected chi connectivity index (χ4v) is 3.80. The van der Waals surface area contributed by atoms with Gasteiger partial charge in [0.15, 0.2) is 0 Å². The number of carbonyl (C=O) groups excluding carboxylic acids is 2. The van der Waals surface area contributed by atoms with Crippen LogP contribution in [0.4, 0.5) is 0 Å². The van der Waals surface area contributed by atoms with Crippen LogP contribution in [0.25, 0.3) is 0 Å². The Bertz CT molecular complexity index is 550. The van der Waals surface area contributed by atoms with E-state index in [1.807, 2.05) is 48.5 Å². The average Bonchev–Trinajstić information content (AvgIpc) is 2.51. The van der Waals surface area contributed by atoms with Gasteiger partial charge < -0.3 is 14.6 Å². The second-order valence-electron chi connectivity index (χ2n) is 10.2. The monoisotopic (exact) mass is 382 g/mol. The van der Waals surface area contributed by atoms with E-state index >= 15 is 0 Å². The number of aliphatic hydroxyl groups is 1. The van der Waals surface area contributed by atoms with Crippen molar-refractivity contribution in [3.05, 3.63) is 12.2 Å². The van der Waals surface area contributed by atoms with Crippen LogP contribution in [0.1, 0.15) is 74.7 Å². The Labute approximate surface area is 164 Å². The van der Waals surface area contributed by atoms with Crippen LogP contribution in [0.5, 0.6) is 0 Å². The van der Waals surface area contributed by atoms with Gasteiger partial charge in [0, 0.05) is 5.57 Å². The van der Waals surface area contributed by atoms with Gasteiger partial charge in [-0.2, -0.15) is 0 Å². The number of carbonyl (C=O) groups is 2. The van der Waals surface area contributed by atoms with Crippen LogP contribution < -0.4 is 0 Å². The lowest BCUT2D eigenvalue weighted by Gasteiger charge is -2.49. The Balaban J connectivity index is 2.74. The summed E-state index contributed by atoms with van der Waals surface area (Å²) in [6, 6.07) is 0. The van der Waals surface area contributed by atoms with E-state index in [4.69, 9.17) is 9.47 Å². The quantitative estimate of drug-likeness (QED) is 0.568. The molecule has 1 rings (SSSR count). The van der Waals surface area contributed by atoms with Crippen LogP contribution in [-0.2, 0) is 19.1 Å². The van der Waals surface area contributed by atoms with Crippen molar-refractivity contribution in [2.45, 2.75) is 86.9 Å². The van der Waals surface area contributed by atoms with Crippen LogP contribution in [-0.4, -0.2) is 35.9 Å². The SMILES string of the molecule is C=C(C)C(=O)OCC1CC[C@H](OC(=O)C(C)(C(C)(C)C)C(C)(C)C)C(O)C1. The highest BCUT2D eigenvalue weighted by molar-refractivity contribution is 5.86. The van der Waals surface area contributed by atoms with Gasteiger partial charge in [0.25, 0.3) is 0 Å². The zero-order valence-electron chi connectivity index (χ0n) is 18.3. The minimum Gasteiger partial charge on any atom is -0.462 e. The van der Waals surface area contributed by atoms with E-state index in [0.717, 1.165) is 6.42 Å². The summed E-state index contributed by atoms with van der Waals surface area (Å²) in [7, 11) is 0. The van der Waals surface area contributed by atoms with Gasteiger partial charge in [0.2, 0.25) is 0 Å². The molecule has 0 aliphatic heterocycles. The van der Waals surface area contributed by atoms with Gasteiger partial charge in [0.05, 0.1) is 18.1 Å². The van der Waals surface area contributed by atoms with Crippen LogP contribution in [0.2, 0.25) is 0 Å². The molecule has 0 aromatic rings. The molecule has 1 saturated carbocycles. The van der Waals surface area contributed by atoms with Crippen molar-refractivity contribution >= 4 is 11.9 Å². The highest BCUT2D eigenvalue weighted by Crippen LogP contribution is 2.52. The first-order chi connectivity index (χ1) is 12.1. The summed E-state index contributed by atoms with van der Waals surface area (Å²) in [6.45, 7) is 19.6. The molecule has 27 heavy (non-hydrogen) atoms. The Morgan fingerprint density at radius 1 is 1.04 bits per heavy atom. The largest absolute Gasteiger partial charge is 0.462 e. The molecule has 0 saturated heterocycles. The summed E-state index contributed by atoms with van der Waals surface area (Å²) < 4.78 is 11.0. The van der Waals surface area contributed by atoms with Gasteiger partial charge >= 0.3 is 11.9 Å². The highest BCUT2D eigenvalue weighted by atomic mass is 16.6. The molecule has 1 fully saturated rings. The second kappa shape index (κ2) is 8.34. The van der Waals surface area contributed by atoms with Crippen LogP contribution in [0.3, 0.4) is 0 Å². The molecule has 1 aliphatic carbocycles. The maximum absolute atomic E-state index is 13.1. The molecule has 1 N–H and O–H groups in total. The van der Waals surface area contributed by atoms with Gasteiger partial charge in [-0.3, -0.25) is 4.79 Å². The molecular formula is C22H38O5. The van der Waals surface area contributed by atoms with Gasteiger partial charge in [0.1, 0.15) is 6.10 Å². The molecule has 3 atom stereocenters. The summed E-state index contributed by atoms with van der Waals surface area (Å²) >= 11 is 0. The molecule has 0 bridgehead atoms. The number of hydrogen-bond acceptors (Lipinski definition) is 5. The number of hydrogen-bond donors (Lipinski definition) is 1. The van der Waals surface area contributed by atoms with Crippen molar-refractivity contribution in [3.8, 4) is 0 Å². The average molecular weight is 383 g/mol. The van der Waals surface area contributed by atoms with E-state index in [0.29, 0.717) is 18.4 Å². The van der Waals surface area contributed by atoms with Crippen molar-refractivity contribution < 1.29 is 24.2 Å². The lowest BCUT2D eigenvalue weighted by Crippen LogP contribution is -2.52. The third-order valence-electron chi connectivity index (χ3n) is 6.33. The molecular weight excluding hydrogens is 344 g/mol. The molecule has 0 radical (unpaired) electrons. The number of esters is 2. The number of aliphatic hydroxyl groups excluding tert-OH is 1. The van der Waals surface area contributed by atoms with E-state index in [1.54, 1.807) is 6.92 Å². The van der Waals surface area contributed by atoms with Gasteiger partial charge in [-0.15, -0.1) is 0 Å². The lowest BCUT2D eigenvalue weighted by molar-refractivity contribution is -0.187. The molecule has 156 valence electrons. The van der Waals surface area contributed by atoms with E-state index in [2.05, 4.69) is 6.58 Å². The Morgan fingerprint density at radius 2 is 1.56 bits per heavy atom. The first-order valence-corrected chi connectivity index (χ1v) is 9.83. The van der Waals surface area contributed by atoms with E-state index in [-0.39, 0.29) is 29.3 Å². The topological polar surface area (TPSA) is 72.8 Å². The second-order valence-corrected chi connectivity index (χ2v) is 10.2. The highest BCUT2D eigenvalue weighted by Gasteiger charge is 2.54. The molecule has 0 aromatic heterocycles. The molecule has 0 spiro atoms. The maximum Gasteiger partial charge on any atom is 0.333 e. The van der Waals surface area contributed by atoms with Gasteiger partial charge in [-0.1, -0.05) is 48.1 Å². The zero-order chi connectivity index (χ0) is 21.2. The van der Waals surface area contributed by atoms with E-state index in [9.17, 15) is 14.7 Å². The number of ether oxygens (including phenoxy) is 2. The molecule has 0 amide bonds. The van der Waals surface area contributed by atoms with Crippen LogP contribution in [0, 0.1) is 22.2 Å². The zero-order valence-corrected chi connectivity index (χ0v) is 18.3. The lowest BCUT2D eigenvalue weighted by atomic mass is 9.55. The van der Waals surface area contributed by atoms with Crippen LogP contribution >= 0.6 is 0 Å². The molecule has 5 heteroatoms. The third kappa shape index (κ3) is 5.34. The molecule has 1 aliphatic rings. The molecule has 5 nitrogen and oxygen atoms in total. The van der Waals surface area contributed by atoms with Gasteiger partial charge in [-0.25, -0.2) is 4.79 Å². The number of rotatable bonds is 5. The summed E-state index contributed by atoms with van der Waals surface area (Å²) in [5.74, 6) is -0.613. The van der Waals surface area contributed by atoms with Gasteiger partial charge in [-0.05, 0) is 49.9 Å². The van der Waals surface area contributed by atoms with E-state index in [1.165, 1.54) is 0 Å². The summed E-state index contributed by atoms with van der Waals surface area (Å²) in [5.41, 5.74) is -0.919. The standard InChI is InChI=1S/C22H38O5/c1-14(2)18(24)26-13-15-10-11-17(16(23)12-15)27-19(25)22(9,20(3,4)5)21(6,7)8/h15-17,23H,1,10-13H2,2-9H3/t15?,16?,17-/m0/s1. The van der Waals surface area contributed by atoms with Crippen molar-refractivity contribution in [1.29, 1.82) is 0 Å². The Kier molecular flexibility index (Phi) is 7.31. The van der Waals surface area contributed by atoms with Crippen molar-refractivity contribution in [2.75, 3.05) is 6.61 Å². The third-order valence-corrected chi connectivity index (χ3v) is 6.33. The minimum absolute atomic E-state index is 0.0647. The Hall–Kier alpha value is -1.36. The minimum atomic E-state index is -0.750. The first kappa shape index (κ1) is 23.7. The maximum atomic E-state index is 13.1. The predicted molar refractivity (Wildman–Crippen MR) is 106 cm³/mol. The summed E-state index contributed by atoms with van der Waals surface area (Å²) in [4.78, 5) is 24.7. The molecule has 2 unspecified atom stereocenters. The van der Waals surface area contributed by atoms with Crippen molar-refractivity contribution in [1.82, 2.24) is 0 Å². The van der Waals surface area contributed by atoms with E-state index < -0.39 is 23.6 Å². The van der Waals surface area contributed by atoms with Crippen molar-refractivity contribution in [2.24, 2.45) is 22.2 Å². The Morgan fingerprint density at radius 3 is 1.96 bits per heavy atom. The normalized spacial score (nSPS) is 24.3. The molecule has 0 heterocycles. The van der Waals surface area contributed by atoms with Crippen molar-refractivity contribution in [3.63, 3.8) is 0 Å². The molecule has 0 aromatic carbocycles. The first-order valence-electron chi connectivity index (χ1n) is 9.83. The van der Waals surface area contributed by atoms with Crippen LogP contribution in [0.15, 0.2) is 12.2 Å². The summed E-state index contributed by atoms with van der Waals surface area (Å²) in [5, 5.41) is 10.5. The summed E-state index contributed by atoms with van der Waals surface area (Å²) in [6.07, 6.45) is 0.478.